The standard InChI is InChI=1S/C17H15BrN2O3/c18-15-4-2-1-3-12(15)5-10-17(22)20-13-6-8-14(9-7-13)23-11-16(19)21/h1-10H,11H2,(H2,19,21)(H,20,22)/b10-5+. The van der Waals surface area contributed by atoms with Gasteiger partial charge in [0, 0.05) is 16.2 Å². The Morgan fingerprint density at radius 2 is 1.83 bits per heavy atom. The van der Waals surface area contributed by atoms with Crippen molar-refractivity contribution in [2.24, 2.45) is 5.73 Å². The third kappa shape index (κ3) is 5.60. The molecule has 0 spiro atoms. The summed E-state index contributed by atoms with van der Waals surface area (Å²) in [5.41, 5.74) is 6.53. The summed E-state index contributed by atoms with van der Waals surface area (Å²) in [6.07, 6.45) is 3.18. The van der Waals surface area contributed by atoms with E-state index in [1.165, 1.54) is 6.08 Å². The van der Waals surface area contributed by atoms with Crippen LogP contribution < -0.4 is 15.8 Å². The molecule has 118 valence electrons. The number of carbonyl (C=O) groups is 2. The number of amides is 2. The molecule has 2 rings (SSSR count). The first-order valence-corrected chi connectivity index (χ1v) is 7.58. The number of hydrogen-bond donors (Lipinski definition) is 2. The lowest BCUT2D eigenvalue weighted by Crippen LogP contribution is -2.20. The molecule has 0 saturated heterocycles. The van der Waals surface area contributed by atoms with Crippen LogP contribution >= 0.6 is 15.9 Å². The molecule has 0 aliphatic carbocycles. The summed E-state index contributed by atoms with van der Waals surface area (Å²) in [7, 11) is 0. The molecular formula is C17H15BrN2O3. The van der Waals surface area contributed by atoms with E-state index in [9.17, 15) is 9.59 Å². The number of ether oxygens (including phenoxy) is 1. The Kier molecular flexibility index (Phi) is 5.94. The van der Waals surface area contributed by atoms with Gasteiger partial charge in [-0.15, -0.1) is 0 Å². The number of rotatable bonds is 6. The predicted molar refractivity (Wildman–Crippen MR) is 92.9 cm³/mol. The van der Waals surface area contributed by atoms with Crippen LogP contribution in [0, 0.1) is 0 Å². The molecule has 6 heteroatoms. The number of nitrogens with one attached hydrogen (secondary N) is 1. The smallest absolute Gasteiger partial charge is 0.255 e. The molecule has 0 bridgehead atoms. The molecule has 0 aromatic heterocycles. The van der Waals surface area contributed by atoms with Gasteiger partial charge in [0.2, 0.25) is 5.91 Å². The molecule has 0 unspecified atom stereocenters. The Labute approximate surface area is 142 Å². The van der Waals surface area contributed by atoms with Crippen LogP contribution in [0.1, 0.15) is 5.56 Å². The zero-order valence-corrected chi connectivity index (χ0v) is 13.7. The minimum Gasteiger partial charge on any atom is -0.484 e. The second-order valence-corrected chi connectivity index (χ2v) is 5.48. The fourth-order valence-electron chi connectivity index (χ4n) is 1.75. The van der Waals surface area contributed by atoms with Gasteiger partial charge in [-0.3, -0.25) is 9.59 Å². The average Bonchev–Trinajstić information content (AvgIpc) is 2.53. The number of primary amides is 1. The fraction of sp³-hybridized carbons (Fsp3) is 0.0588. The molecule has 0 fully saturated rings. The molecule has 5 nitrogen and oxygen atoms in total. The first-order valence-electron chi connectivity index (χ1n) is 6.79. The molecule has 23 heavy (non-hydrogen) atoms. The zero-order valence-electron chi connectivity index (χ0n) is 12.2. The van der Waals surface area contributed by atoms with Crippen molar-refractivity contribution < 1.29 is 14.3 Å². The van der Waals surface area contributed by atoms with Crippen molar-refractivity contribution in [2.75, 3.05) is 11.9 Å². The Bertz CT molecular complexity index is 727. The lowest BCUT2D eigenvalue weighted by molar-refractivity contribution is -0.120. The van der Waals surface area contributed by atoms with Crippen molar-refractivity contribution in [2.45, 2.75) is 0 Å². The van der Waals surface area contributed by atoms with Gasteiger partial charge in [-0.2, -0.15) is 0 Å². The van der Waals surface area contributed by atoms with Crippen LogP contribution in [0.2, 0.25) is 0 Å². The van der Waals surface area contributed by atoms with Crippen LogP contribution in [-0.2, 0) is 9.59 Å². The van der Waals surface area contributed by atoms with E-state index >= 15 is 0 Å². The van der Waals surface area contributed by atoms with Gasteiger partial charge in [-0.1, -0.05) is 34.1 Å². The lowest BCUT2D eigenvalue weighted by atomic mass is 10.2. The second kappa shape index (κ2) is 8.14. The summed E-state index contributed by atoms with van der Waals surface area (Å²) in [6, 6.07) is 14.3. The molecule has 2 aromatic rings. The van der Waals surface area contributed by atoms with E-state index in [2.05, 4.69) is 21.2 Å². The largest absolute Gasteiger partial charge is 0.484 e. The summed E-state index contributed by atoms with van der Waals surface area (Å²) < 4.78 is 6.06. The van der Waals surface area contributed by atoms with E-state index in [0.717, 1.165) is 10.0 Å². The van der Waals surface area contributed by atoms with Crippen molar-refractivity contribution in [1.29, 1.82) is 0 Å². The molecular weight excluding hydrogens is 360 g/mol. The van der Waals surface area contributed by atoms with E-state index in [1.807, 2.05) is 24.3 Å². The Morgan fingerprint density at radius 1 is 1.13 bits per heavy atom. The van der Waals surface area contributed by atoms with Crippen LogP contribution in [0.25, 0.3) is 6.08 Å². The molecule has 0 heterocycles. The minimum atomic E-state index is -0.542. The maximum atomic E-state index is 11.9. The maximum Gasteiger partial charge on any atom is 0.255 e. The Hall–Kier alpha value is -2.60. The zero-order chi connectivity index (χ0) is 16.7. The summed E-state index contributed by atoms with van der Waals surface area (Å²) in [5, 5.41) is 2.74. The summed E-state index contributed by atoms with van der Waals surface area (Å²) in [5.74, 6) is -0.281. The van der Waals surface area contributed by atoms with Gasteiger partial charge in [0.25, 0.3) is 5.91 Å². The van der Waals surface area contributed by atoms with E-state index in [4.69, 9.17) is 10.5 Å². The van der Waals surface area contributed by atoms with Crippen LogP contribution in [0.4, 0.5) is 5.69 Å². The molecule has 0 saturated carbocycles. The summed E-state index contributed by atoms with van der Waals surface area (Å²) in [4.78, 5) is 22.5. The number of halogens is 1. The summed E-state index contributed by atoms with van der Waals surface area (Å²) >= 11 is 3.42. The monoisotopic (exact) mass is 374 g/mol. The number of carbonyl (C=O) groups excluding carboxylic acids is 2. The van der Waals surface area contributed by atoms with Gasteiger partial charge < -0.3 is 15.8 Å². The van der Waals surface area contributed by atoms with Crippen molar-refractivity contribution >= 4 is 39.5 Å². The Morgan fingerprint density at radius 3 is 2.48 bits per heavy atom. The topological polar surface area (TPSA) is 81.4 Å². The van der Waals surface area contributed by atoms with Gasteiger partial charge in [-0.25, -0.2) is 0 Å². The highest BCUT2D eigenvalue weighted by atomic mass is 79.9. The van der Waals surface area contributed by atoms with Crippen LogP contribution in [-0.4, -0.2) is 18.4 Å². The van der Waals surface area contributed by atoms with Gasteiger partial charge >= 0.3 is 0 Å². The third-order valence-electron chi connectivity index (χ3n) is 2.82. The van der Waals surface area contributed by atoms with E-state index in [1.54, 1.807) is 30.3 Å². The third-order valence-corrected chi connectivity index (χ3v) is 3.54. The normalized spacial score (nSPS) is 10.5. The SMILES string of the molecule is NC(=O)COc1ccc(NC(=O)/C=C/c2ccccc2Br)cc1. The lowest BCUT2D eigenvalue weighted by Gasteiger charge is -2.06. The molecule has 0 aliphatic heterocycles. The maximum absolute atomic E-state index is 11.9. The van der Waals surface area contributed by atoms with Crippen molar-refractivity contribution in [3.8, 4) is 5.75 Å². The quantitative estimate of drug-likeness (QED) is 0.762. The van der Waals surface area contributed by atoms with Gasteiger partial charge in [0.15, 0.2) is 6.61 Å². The average molecular weight is 375 g/mol. The molecule has 0 aliphatic rings. The van der Waals surface area contributed by atoms with E-state index < -0.39 is 5.91 Å². The highest BCUT2D eigenvalue weighted by Crippen LogP contribution is 2.18. The number of anilines is 1. The van der Waals surface area contributed by atoms with Gasteiger partial charge in [0.05, 0.1) is 0 Å². The van der Waals surface area contributed by atoms with E-state index in [-0.39, 0.29) is 12.5 Å². The van der Waals surface area contributed by atoms with Crippen molar-refractivity contribution in [3.05, 3.63) is 64.6 Å². The first kappa shape index (κ1) is 16.8. The van der Waals surface area contributed by atoms with Crippen LogP contribution in [0.5, 0.6) is 5.75 Å². The molecule has 0 atom stereocenters. The van der Waals surface area contributed by atoms with Crippen molar-refractivity contribution in [1.82, 2.24) is 0 Å². The number of hydrogen-bond acceptors (Lipinski definition) is 3. The summed E-state index contributed by atoms with van der Waals surface area (Å²) in [6.45, 7) is -0.180. The minimum absolute atomic E-state index is 0.180. The fourth-order valence-corrected chi connectivity index (χ4v) is 2.17. The van der Waals surface area contributed by atoms with E-state index in [0.29, 0.717) is 11.4 Å². The van der Waals surface area contributed by atoms with Gasteiger partial charge in [0.1, 0.15) is 5.75 Å². The second-order valence-electron chi connectivity index (χ2n) is 4.62. The molecule has 2 amide bonds. The van der Waals surface area contributed by atoms with Gasteiger partial charge in [-0.05, 0) is 42.0 Å². The first-order chi connectivity index (χ1) is 11.0. The highest BCUT2D eigenvalue weighted by Gasteiger charge is 2.01. The highest BCUT2D eigenvalue weighted by molar-refractivity contribution is 9.10. The van der Waals surface area contributed by atoms with Crippen molar-refractivity contribution in [3.63, 3.8) is 0 Å². The number of benzene rings is 2. The number of nitrogens with two attached hydrogens (primary N) is 1. The predicted octanol–water partition coefficient (Wildman–Crippen LogP) is 2.97. The molecule has 3 N–H and O–H groups in total. The van der Waals surface area contributed by atoms with Crippen LogP contribution in [0.15, 0.2) is 59.1 Å². The molecule has 0 radical (unpaired) electrons. The van der Waals surface area contributed by atoms with Crippen LogP contribution in [0.3, 0.4) is 0 Å². The Balaban J connectivity index is 1.92. The molecule has 2 aromatic carbocycles.